The molecule has 112 valence electrons. The summed E-state index contributed by atoms with van der Waals surface area (Å²) in [6.07, 6.45) is 0.469. The summed E-state index contributed by atoms with van der Waals surface area (Å²) in [6.45, 7) is 8.37. The van der Waals surface area contributed by atoms with Crippen molar-refractivity contribution in [3.8, 4) is 0 Å². The average molecular weight is 312 g/mol. The van der Waals surface area contributed by atoms with Gasteiger partial charge in [-0.05, 0) is 13.8 Å². The highest BCUT2D eigenvalue weighted by atomic mass is 35.5. The summed E-state index contributed by atoms with van der Waals surface area (Å²) in [4.78, 5) is 11.6. The molecule has 0 spiro atoms. The van der Waals surface area contributed by atoms with E-state index in [1.165, 1.54) is 17.8 Å². The van der Waals surface area contributed by atoms with Crippen LogP contribution in [0.15, 0.2) is 12.7 Å². The van der Waals surface area contributed by atoms with Gasteiger partial charge in [0, 0.05) is 19.0 Å². The highest BCUT2D eigenvalue weighted by molar-refractivity contribution is 8.00. The molecule has 1 atom stereocenters. The van der Waals surface area contributed by atoms with Gasteiger partial charge in [-0.1, -0.05) is 12.7 Å². The van der Waals surface area contributed by atoms with Crippen molar-refractivity contribution in [3.63, 3.8) is 0 Å². The van der Waals surface area contributed by atoms with Crippen LogP contribution in [-0.4, -0.2) is 49.2 Å². The lowest BCUT2D eigenvalue weighted by Crippen LogP contribution is -2.47. The van der Waals surface area contributed by atoms with E-state index >= 15 is 0 Å². The second kappa shape index (κ2) is 12.6. The minimum Gasteiger partial charge on any atom is -0.445 e. The zero-order valence-electron chi connectivity index (χ0n) is 11.4. The van der Waals surface area contributed by atoms with Crippen molar-refractivity contribution in [2.24, 2.45) is 0 Å². The molecular weight excluding hydrogens is 290 g/mol. The van der Waals surface area contributed by atoms with Gasteiger partial charge in [-0.2, -0.15) is 0 Å². The fourth-order valence-electron chi connectivity index (χ4n) is 1.30. The number of amides is 1. The van der Waals surface area contributed by atoms with Crippen molar-refractivity contribution in [1.29, 1.82) is 0 Å². The fraction of sp³-hybridized carbons (Fsp3) is 0.750. The van der Waals surface area contributed by atoms with Crippen molar-refractivity contribution in [1.82, 2.24) is 5.32 Å². The maximum Gasteiger partial charge on any atom is 0.407 e. The third-order valence-corrected chi connectivity index (χ3v) is 3.21. The maximum atomic E-state index is 11.6. The number of hydrogen-bond acceptors (Lipinski definition) is 5. The summed E-state index contributed by atoms with van der Waals surface area (Å²) >= 11 is 7.13. The Labute approximate surface area is 124 Å². The molecule has 19 heavy (non-hydrogen) atoms. The molecule has 0 aromatic heterocycles. The van der Waals surface area contributed by atoms with Crippen molar-refractivity contribution in [2.75, 3.05) is 30.8 Å². The standard InChI is InChI=1S/C12H22ClNO4S/c1-4-7-18-12(15)14-10(8-19-9-13)11(16-5-2)17-6-3/h4,10-11H,1,5-9H2,2-3H3,(H,14,15). The van der Waals surface area contributed by atoms with E-state index in [1.807, 2.05) is 13.8 Å². The molecule has 1 N–H and O–H groups in total. The molecule has 0 fully saturated rings. The Kier molecular flexibility index (Phi) is 12.3. The summed E-state index contributed by atoms with van der Waals surface area (Å²) in [6, 6.07) is -0.319. The molecule has 0 aromatic rings. The van der Waals surface area contributed by atoms with Crippen LogP contribution in [0.4, 0.5) is 4.79 Å². The number of alkyl carbamates (subject to hydrolysis) is 1. The zero-order valence-corrected chi connectivity index (χ0v) is 13.0. The Hall–Kier alpha value is -0.430. The van der Waals surface area contributed by atoms with Crippen molar-refractivity contribution >= 4 is 29.5 Å². The van der Waals surface area contributed by atoms with E-state index in [2.05, 4.69) is 11.9 Å². The molecule has 5 nitrogen and oxygen atoms in total. The lowest BCUT2D eigenvalue weighted by atomic mass is 10.3. The third kappa shape index (κ3) is 9.15. The monoisotopic (exact) mass is 311 g/mol. The van der Waals surface area contributed by atoms with Gasteiger partial charge in [0.15, 0.2) is 6.29 Å². The molecule has 0 aromatic carbocycles. The quantitative estimate of drug-likeness (QED) is 0.361. The Bertz CT molecular complexity index is 250. The number of carbonyl (C=O) groups excluding carboxylic acids is 1. The van der Waals surface area contributed by atoms with E-state index < -0.39 is 12.4 Å². The minimum atomic E-state index is -0.524. The van der Waals surface area contributed by atoms with E-state index in [4.69, 9.17) is 25.8 Å². The molecule has 1 amide bonds. The largest absolute Gasteiger partial charge is 0.445 e. The van der Waals surface area contributed by atoms with Crippen LogP contribution in [0.5, 0.6) is 0 Å². The molecular formula is C12H22ClNO4S. The molecule has 0 aliphatic heterocycles. The molecule has 0 rings (SSSR count). The zero-order chi connectivity index (χ0) is 14.5. The molecule has 0 aliphatic rings. The van der Waals surface area contributed by atoms with Gasteiger partial charge in [-0.15, -0.1) is 23.4 Å². The predicted molar refractivity (Wildman–Crippen MR) is 78.7 cm³/mol. The highest BCUT2D eigenvalue weighted by Gasteiger charge is 2.24. The summed E-state index contributed by atoms with van der Waals surface area (Å²) in [5.41, 5.74) is 0. The number of nitrogens with one attached hydrogen (secondary N) is 1. The van der Waals surface area contributed by atoms with Crippen molar-refractivity contribution in [3.05, 3.63) is 12.7 Å². The molecule has 0 bridgehead atoms. The van der Waals surface area contributed by atoms with Crippen LogP contribution >= 0.6 is 23.4 Å². The van der Waals surface area contributed by atoms with E-state index in [0.29, 0.717) is 24.2 Å². The van der Waals surface area contributed by atoms with Crippen LogP contribution in [0.25, 0.3) is 0 Å². The van der Waals surface area contributed by atoms with Crippen LogP contribution < -0.4 is 5.32 Å². The summed E-state index contributed by atoms with van der Waals surface area (Å²) < 4.78 is 15.8. The normalized spacial score (nSPS) is 12.2. The smallest absolute Gasteiger partial charge is 0.407 e. The molecule has 0 heterocycles. The Balaban J connectivity index is 4.46. The number of hydrogen-bond donors (Lipinski definition) is 1. The number of carbonyl (C=O) groups is 1. The van der Waals surface area contributed by atoms with Crippen molar-refractivity contribution < 1.29 is 19.0 Å². The van der Waals surface area contributed by atoms with Crippen LogP contribution in [0, 0.1) is 0 Å². The number of ether oxygens (including phenoxy) is 3. The van der Waals surface area contributed by atoms with E-state index in [9.17, 15) is 4.79 Å². The first-order valence-electron chi connectivity index (χ1n) is 6.10. The van der Waals surface area contributed by atoms with Crippen LogP contribution in [0.2, 0.25) is 0 Å². The molecule has 0 aliphatic carbocycles. The first-order valence-corrected chi connectivity index (χ1v) is 7.79. The Morgan fingerprint density at radius 3 is 2.53 bits per heavy atom. The summed E-state index contributed by atoms with van der Waals surface area (Å²) in [5.74, 6) is 0.581. The van der Waals surface area contributed by atoms with Gasteiger partial charge in [0.25, 0.3) is 0 Å². The van der Waals surface area contributed by atoms with E-state index in [-0.39, 0.29) is 12.6 Å². The molecule has 7 heteroatoms. The number of rotatable bonds is 11. The molecule has 0 saturated carbocycles. The second-order valence-corrected chi connectivity index (χ2v) is 5.01. The van der Waals surface area contributed by atoms with Gasteiger partial charge in [-0.3, -0.25) is 0 Å². The van der Waals surface area contributed by atoms with Gasteiger partial charge in [0.05, 0.1) is 11.3 Å². The third-order valence-electron chi connectivity index (χ3n) is 2.00. The first-order chi connectivity index (χ1) is 9.19. The van der Waals surface area contributed by atoms with Gasteiger partial charge in [0.2, 0.25) is 0 Å². The van der Waals surface area contributed by atoms with Crippen LogP contribution in [-0.2, 0) is 14.2 Å². The summed E-state index contributed by atoms with van der Waals surface area (Å²) in [5, 5.41) is 3.15. The van der Waals surface area contributed by atoms with Gasteiger partial charge in [0.1, 0.15) is 6.61 Å². The average Bonchev–Trinajstić information content (AvgIpc) is 2.41. The first kappa shape index (κ1) is 18.6. The van der Waals surface area contributed by atoms with Gasteiger partial charge in [-0.25, -0.2) is 4.79 Å². The lowest BCUT2D eigenvalue weighted by molar-refractivity contribution is -0.149. The highest BCUT2D eigenvalue weighted by Crippen LogP contribution is 2.11. The number of alkyl halides is 1. The minimum absolute atomic E-state index is 0.162. The molecule has 0 radical (unpaired) electrons. The molecule has 0 saturated heterocycles. The number of halogens is 1. The SMILES string of the molecule is C=CCOC(=O)NC(CSCCl)C(OCC)OCC. The summed E-state index contributed by atoms with van der Waals surface area (Å²) in [7, 11) is 0. The molecule has 1 unspecified atom stereocenters. The maximum absolute atomic E-state index is 11.6. The van der Waals surface area contributed by atoms with Gasteiger partial charge < -0.3 is 19.5 Å². The van der Waals surface area contributed by atoms with E-state index in [1.54, 1.807) is 0 Å². The fourth-order valence-corrected chi connectivity index (χ4v) is 2.15. The topological polar surface area (TPSA) is 56.8 Å². The Morgan fingerprint density at radius 2 is 2.05 bits per heavy atom. The van der Waals surface area contributed by atoms with Gasteiger partial charge >= 0.3 is 6.09 Å². The van der Waals surface area contributed by atoms with E-state index in [0.717, 1.165) is 0 Å². The Morgan fingerprint density at radius 1 is 1.42 bits per heavy atom. The van der Waals surface area contributed by atoms with Crippen molar-refractivity contribution in [2.45, 2.75) is 26.2 Å². The lowest BCUT2D eigenvalue weighted by Gasteiger charge is -2.26. The second-order valence-electron chi connectivity index (χ2n) is 3.40. The predicted octanol–water partition coefficient (Wildman–Crippen LogP) is 2.60. The van der Waals surface area contributed by atoms with Crippen LogP contribution in [0.3, 0.4) is 0 Å². The van der Waals surface area contributed by atoms with Crippen LogP contribution in [0.1, 0.15) is 13.8 Å². The number of thioether (sulfide) groups is 1.